The molecule has 1 N–H and O–H groups in total. The van der Waals surface area contributed by atoms with E-state index in [0.717, 1.165) is 16.9 Å². The second kappa shape index (κ2) is 7.64. The number of nitrogens with zero attached hydrogens (tertiary/aromatic N) is 2. The maximum atomic E-state index is 13.0. The van der Waals surface area contributed by atoms with E-state index in [-0.39, 0.29) is 11.1 Å². The van der Waals surface area contributed by atoms with Gasteiger partial charge in [0.25, 0.3) is 11.5 Å². The highest BCUT2D eigenvalue weighted by molar-refractivity contribution is 7.07. The summed E-state index contributed by atoms with van der Waals surface area (Å²) in [6.45, 7) is 0. The van der Waals surface area contributed by atoms with Crippen LogP contribution in [-0.2, 0) is 4.79 Å². The van der Waals surface area contributed by atoms with Gasteiger partial charge in [-0.15, -0.1) is 11.3 Å². The number of carbonyl (C=O) groups excluding carboxylic acids is 1. The Balaban J connectivity index is 2.42. The van der Waals surface area contributed by atoms with Crippen molar-refractivity contribution >= 4 is 28.9 Å². The molecule has 128 valence electrons. The summed E-state index contributed by atoms with van der Waals surface area (Å²) in [7, 11) is 1.45. The molecule has 0 unspecified atom stereocenters. The van der Waals surface area contributed by atoms with E-state index in [0.29, 0.717) is 14.9 Å². The molecule has 0 bridgehead atoms. The van der Waals surface area contributed by atoms with Gasteiger partial charge in [0.2, 0.25) is 0 Å². The standard InChI is InChI=1S/C20H15N3O2S/c1-22-18(24)16(13-21)20-23(15-10-6-3-7-11-15)19(25)17(26-20)12-14-8-4-2-5-9-14/h2-12H,1H3,(H,22,24)/b17-12+,20-16-. The summed E-state index contributed by atoms with van der Waals surface area (Å²) in [6, 6.07) is 20.3. The fraction of sp³-hybridized carbons (Fsp3) is 0.0500. The van der Waals surface area contributed by atoms with E-state index in [1.54, 1.807) is 30.3 Å². The summed E-state index contributed by atoms with van der Waals surface area (Å²) in [6.07, 6.45) is 1.76. The van der Waals surface area contributed by atoms with Crippen molar-refractivity contribution in [1.29, 1.82) is 5.26 Å². The summed E-state index contributed by atoms with van der Waals surface area (Å²) in [5.74, 6) is -0.523. The zero-order chi connectivity index (χ0) is 18.5. The van der Waals surface area contributed by atoms with Crippen molar-refractivity contribution < 1.29 is 4.79 Å². The average molecular weight is 361 g/mol. The normalized spacial score (nSPS) is 12.4. The second-order valence-corrected chi connectivity index (χ2v) is 6.40. The lowest BCUT2D eigenvalue weighted by Crippen LogP contribution is -2.33. The SMILES string of the molecule is CNC(=O)/C(C#N)=c1\s/c(=C/c2ccccc2)c(=O)n1-c1ccccc1. The van der Waals surface area contributed by atoms with E-state index < -0.39 is 5.91 Å². The summed E-state index contributed by atoms with van der Waals surface area (Å²) < 4.78 is 2.17. The molecule has 1 aromatic heterocycles. The summed E-state index contributed by atoms with van der Waals surface area (Å²) in [5, 5.41) is 11.9. The van der Waals surface area contributed by atoms with Crippen molar-refractivity contribution in [1.82, 2.24) is 9.88 Å². The molecule has 5 nitrogen and oxygen atoms in total. The minimum atomic E-state index is -0.523. The molecule has 1 heterocycles. The van der Waals surface area contributed by atoms with Gasteiger partial charge in [-0.2, -0.15) is 5.26 Å². The van der Waals surface area contributed by atoms with E-state index in [1.165, 1.54) is 11.6 Å². The van der Waals surface area contributed by atoms with E-state index in [9.17, 15) is 14.9 Å². The lowest BCUT2D eigenvalue weighted by molar-refractivity contribution is -0.115. The molecule has 0 atom stereocenters. The van der Waals surface area contributed by atoms with E-state index >= 15 is 0 Å². The first kappa shape index (κ1) is 17.4. The van der Waals surface area contributed by atoms with Crippen molar-refractivity contribution in [3.8, 4) is 11.8 Å². The number of hydrogen-bond donors (Lipinski definition) is 1. The maximum Gasteiger partial charge on any atom is 0.273 e. The fourth-order valence-corrected chi connectivity index (χ4v) is 3.58. The number of carbonyl (C=O) groups is 1. The third kappa shape index (κ3) is 3.34. The number of hydrogen-bond acceptors (Lipinski definition) is 4. The zero-order valence-corrected chi connectivity index (χ0v) is 14.8. The van der Waals surface area contributed by atoms with Gasteiger partial charge in [-0.1, -0.05) is 48.5 Å². The topological polar surface area (TPSA) is 74.9 Å². The van der Waals surface area contributed by atoms with Crippen LogP contribution in [0.15, 0.2) is 65.5 Å². The molecular weight excluding hydrogens is 346 g/mol. The van der Waals surface area contributed by atoms with Crippen molar-refractivity contribution in [2.24, 2.45) is 0 Å². The lowest BCUT2D eigenvalue weighted by Gasteiger charge is -2.02. The largest absolute Gasteiger partial charge is 0.354 e. The van der Waals surface area contributed by atoms with Gasteiger partial charge in [-0.05, 0) is 23.8 Å². The minimum Gasteiger partial charge on any atom is -0.354 e. The molecule has 3 aromatic rings. The van der Waals surface area contributed by atoms with Crippen LogP contribution in [0.5, 0.6) is 0 Å². The first-order valence-corrected chi connectivity index (χ1v) is 8.68. The van der Waals surface area contributed by atoms with Crippen LogP contribution in [0, 0.1) is 11.3 Å². The number of nitrogens with one attached hydrogen (secondary N) is 1. The second-order valence-electron chi connectivity index (χ2n) is 5.37. The molecule has 26 heavy (non-hydrogen) atoms. The molecule has 2 aromatic carbocycles. The highest BCUT2D eigenvalue weighted by atomic mass is 32.1. The van der Waals surface area contributed by atoms with E-state index in [4.69, 9.17) is 0 Å². The van der Waals surface area contributed by atoms with Gasteiger partial charge in [0.05, 0.1) is 10.2 Å². The van der Waals surface area contributed by atoms with Gasteiger partial charge in [-0.3, -0.25) is 14.2 Å². The van der Waals surface area contributed by atoms with Gasteiger partial charge in [-0.25, -0.2) is 0 Å². The Morgan fingerprint density at radius 2 is 1.73 bits per heavy atom. The first-order valence-electron chi connectivity index (χ1n) is 7.86. The van der Waals surface area contributed by atoms with Crippen LogP contribution in [-0.4, -0.2) is 17.5 Å². The van der Waals surface area contributed by atoms with Crippen LogP contribution in [0.3, 0.4) is 0 Å². The smallest absolute Gasteiger partial charge is 0.273 e. The predicted molar refractivity (Wildman–Crippen MR) is 102 cm³/mol. The van der Waals surface area contributed by atoms with E-state index in [1.807, 2.05) is 42.5 Å². The summed E-state index contributed by atoms with van der Waals surface area (Å²) >= 11 is 1.13. The van der Waals surface area contributed by atoms with Crippen molar-refractivity contribution in [3.63, 3.8) is 0 Å². The van der Waals surface area contributed by atoms with Crippen LogP contribution in [0.4, 0.5) is 0 Å². The Kier molecular flexibility index (Phi) is 5.11. The molecule has 3 rings (SSSR count). The first-order chi connectivity index (χ1) is 12.7. The molecule has 0 aliphatic heterocycles. The molecule has 0 fully saturated rings. The molecule has 6 heteroatoms. The van der Waals surface area contributed by atoms with Gasteiger partial charge >= 0.3 is 0 Å². The highest BCUT2D eigenvalue weighted by Gasteiger charge is 2.15. The van der Waals surface area contributed by atoms with Crippen molar-refractivity contribution in [2.45, 2.75) is 0 Å². The fourth-order valence-electron chi connectivity index (χ4n) is 2.48. The molecule has 0 saturated heterocycles. The van der Waals surface area contributed by atoms with Gasteiger partial charge < -0.3 is 5.32 Å². The predicted octanol–water partition coefficient (Wildman–Crippen LogP) is 1.15. The molecular formula is C20H15N3O2S. The van der Waals surface area contributed by atoms with Gasteiger partial charge in [0.15, 0.2) is 5.57 Å². The Bertz CT molecular complexity index is 1150. The van der Waals surface area contributed by atoms with Crippen molar-refractivity contribution in [3.05, 3.63) is 85.8 Å². The van der Waals surface area contributed by atoms with Crippen LogP contribution < -0.4 is 20.1 Å². The summed E-state index contributed by atoms with van der Waals surface area (Å²) in [5.41, 5.74) is 1.12. The number of para-hydroxylation sites is 1. The molecule has 0 aliphatic rings. The Morgan fingerprint density at radius 3 is 2.31 bits per heavy atom. The zero-order valence-electron chi connectivity index (χ0n) is 14.0. The van der Waals surface area contributed by atoms with E-state index in [2.05, 4.69) is 5.32 Å². The monoisotopic (exact) mass is 361 g/mol. The number of rotatable bonds is 3. The number of benzene rings is 2. The Morgan fingerprint density at radius 1 is 1.12 bits per heavy atom. The molecule has 0 radical (unpaired) electrons. The van der Waals surface area contributed by atoms with Crippen molar-refractivity contribution in [2.75, 3.05) is 7.05 Å². The van der Waals surface area contributed by atoms with Crippen LogP contribution in [0.2, 0.25) is 0 Å². The highest BCUT2D eigenvalue weighted by Crippen LogP contribution is 2.04. The van der Waals surface area contributed by atoms with Crippen LogP contribution in [0.25, 0.3) is 17.3 Å². The number of nitriles is 1. The minimum absolute atomic E-state index is 0.0915. The third-order valence-electron chi connectivity index (χ3n) is 3.72. The number of amides is 1. The van der Waals surface area contributed by atoms with Gasteiger partial charge in [0.1, 0.15) is 10.7 Å². The number of thiazole rings is 1. The lowest BCUT2D eigenvalue weighted by atomic mass is 10.2. The van der Waals surface area contributed by atoms with Crippen LogP contribution >= 0.6 is 11.3 Å². The van der Waals surface area contributed by atoms with Crippen LogP contribution in [0.1, 0.15) is 5.56 Å². The maximum absolute atomic E-state index is 13.0. The molecule has 0 aliphatic carbocycles. The molecule has 1 amide bonds. The molecule has 0 spiro atoms. The summed E-state index contributed by atoms with van der Waals surface area (Å²) in [4.78, 5) is 25.1. The molecule has 0 saturated carbocycles. The van der Waals surface area contributed by atoms with Gasteiger partial charge in [0, 0.05) is 7.05 Å². The quantitative estimate of drug-likeness (QED) is 0.760. The average Bonchev–Trinajstić information content (AvgIpc) is 2.99. The Labute approximate surface area is 153 Å². The third-order valence-corrected chi connectivity index (χ3v) is 4.81. The Hall–Kier alpha value is -3.43. The number of aromatic nitrogens is 1.